The van der Waals surface area contributed by atoms with Crippen LogP contribution in [-0.4, -0.2) is 12.4 Å². The highest BCUT2D eigenvalue weighted by Crippen LogP contribution is 2.23. The number of hydrogen-bond donors (Lipinski definition) is 2. The third-order valence-electron chi connectivity index (χ3n) is 3.06. The first-order chi connectivity index (χ1) is 7.95. The molecule has 0 aliphatic carbocycles. The van der Waals surface area contributed by atoms with E-state index in [1.54, 1.807) is 0 Å². The normalized spacial score (nSPS) is 12.1. The maximum absolute atomic E-state index is 4.19. The highest BCUT2D eigenvalue weighted by atomic mass is 32.1. The van der Waals surface area contributed by atoms with Crippen molar-refractivity contribution in [3.05, 3.63) is 35.4 Å². The fourth-order valence-corrected chi connectivity index (χ4v) is 2.15. The fourth-order valence-electron chi connectivity index (χ4n) is 2.03. The summed E-state index contributed by atoms with van der Waals surface area (Å²) in [5.74, 6) is 1.45. The summed E-state index contributed by atoms with van der Waals surface area (Å²) in [5, 5.41) is 3.30. The van der Waals surface area contributed by atoms with E-state index in [4.69, 9.17) is 0 Å². The average molecular weight is 251 g/mol. The van der Waals surface area contributed by atoms with Crippen molar-refractivity contribution in [2.75, 3.05) is 12.4 Å². The Labute approximate surface area is 111 Å². The second-order valence-electron chi connectivity index (χ2n) is 5.76. The second kappa shape index (κ2) is 6.46. The summed E-state index contributed by atoms with van der Waals surface area (Å²) >= 11 is 4.19. The largest absolute Gasteiger partial charge is 0.307 e. The van der Waals surface area contributed by atoms with Crippen molar-refractivity contribution in [1.29, 1.82) is 0 Å². The lowest BCUT2D eigenvalue weighted by Crippen LogP contribution is -2.32. The van der Waals surface area contributed by atoms with E-state index in [0.29, 0.717) is 0 Å². The lowest BCUT2D eigenvalue weighted by atomic mass is 9.84. The Morgan fingerprint density at radius 2 is 1.76 bits per heavy atom. The molecule has 0 heterocycles. The molecule has 1 aromatic carbocycles. The predicted octanol–water partition coefficient (Wildman–Crippen LogP) is 3.64. The molecular weight excluding hydrogens is 226 g/mol. The molecule has 0 spiro atoms. The molecule has 0 saturated carbocycles. The Morgan fingerprint density at radius 3 is 2.24 bits per heavy atom. The summed E-state index contributed by atoms with van der Waals surface area (Å²) in [6.07, 6.45) is 1.16. The zero-order valence-corrected chi connectivity index (χ0v) is 12.3. The number of thiol groups is 1. The van der Waals surface area contributed by atoms with Gasteiger partial charge in [0.15, 0.2) is 0 Å². The van der Waals surface area contributed by atoms with Gasteiger partial charge in [-0.05, 0) is 23.5 Å². The van der Waals surface area contributed by atoms with Gasteiger partial charge in [-0.1, -0.05) is 52.0 Å². The number of rotatable bonds is 6. The van der Waals surface area contributed by atoms with Gasteiger partial charge in [0.1, 0.15) is 0 Å². The lowest BCUT2D eigenvalue weighted by molar-refractivity contribution is 0.490. The average Bonchev–Trinajstić information content (AvgIpc) is 2.26. The van der Waals surface area contributed by atoms with Gasteiger partial charge in [-0.25, -0.2) is 0 Å². The molecule has 0 amide bonds. The van der Waals surface area contributed by atoms with E-state index in [2.05, 4.69) is 69.9 Å². The van der Waals surface area contributed by atoms with Crippen LogP contribution in [0.25, 0.3) is 0 Å². The van der Waals surface area contributed by atoms with Gasteiger partial charge in [0.25, 0.3) is 0 Å². The highest BCUT2D eigenvalue weighted by molar-refractivity contribution is 7.80. The topological polar surface area (TPSA) is 12.0 Å². The molecule has 17 heavy (non-hydrogen) atoms. The van der Waals surface area contributed by atoms with Crippen LogP contribution in [0.1, 0.15) is 38.8 Å². The molecule has 0 bridgehead atoms. The van der Waals surface area contributed by atoms with Gasteiger partial charge >= 0.3 is 0 Å². The minimum atomic E-state index is 0.166. The van der Waals surface area contributed by atoms with Gasteiger partial charge in [-0.15, -0.1) is 0 Å². The molecule has 1 N–H and O–H groups in total. The minimum Gasteiger partial charge on any atom is -0.307 e. The third-order valence-corrected chi connectivity index (χ3v) is 3.28. The lowest BCUT2D eigenvalue weighted by Gasteiger charge is -2.25. The van der Waals surface area contributed by atoms with Gasteiger partial charge in [-0.2, -0.15) is 12.6 Å². The Kier molecular flexibility index (Phi) is 5.54. The Bertz CT molecular complexity index is 327. The first kappa shape index (κ1) is 14.6. The molecule has 0 unspecified atom stereocenters. The smallest absolute Gasteiger partial charge is 0.0387 e. The van der Waals surface area contributed by atoms with Crippen LogP contribution in [-0.2, 0) is 11.8 Å². The van der Waals surface area contributed by atoms with Crippen LogP contribution in [0.5, 0.6) is 0 Å². The molecule has 0 saturated heterocycles. The summed E-state index contributed by atoms with van der Waals surface area (Å²) in [6, 6.07) is 9.05. The van der Waals surface area contributed by atoms with E-state index in [-0.39, 0.29) is 5.41 Å². The van der Waals surface area contributed by atoms with Crippen molar-refractivity contribution in [3.63, 3.8) is 0 Å². The van der Waals surface area contributed by atoms with E-state index >= 15 is 0 Å². The molecule has 0 atom stereocenters. The Balaban J connectivity index is 2.72. The molecule has 0 radical (unpaired) electrons. The molecule has 1 rings (SSSR count). The summed E-state index contributed by atoms with van der Waals surface area (Å²) in [4.78, 5) is 0. The summed E-state index contributed by atoms with van der Waals surface area (Å²) < 4.78 is 0. The van der Waals surface area contributed by atoms with Crippen molar-refractivity contribution in [2.45, 2.75) is 39.5 Å². The van der Waals surface area contributed by atoms with Crippen molar-refractivity contribution in [3.8, 4) is 0 Å². The SMILES string of the molecule is CC(C)Cc1ccc(C(C)(C)CNCS)cc1. The van der Waals surface area contributed by atoms with Crippen LogP contribution >= 0.6 is 12.6 Å². The number of hydrogen-bond acceptors (Lipinski definition) is 2. The first-order valence-corrected chi connectivity index (χ1v) is 7.00. The standard InChI is InChI=1S/C15H25NS/c1-12(2)9-13-5-7-14(8-6-13)15(3,4)10-16-11-17/h5-8,12,16-17H,9-11H2,1-4H3. The van der Waals surface area contributed by atoms with E-state index in [0.717, 1.165) is 24.8 Å². The van der Waals surface area contributed by atoms with Crippen LogP contribution in [0.15, 0.2) is 24.3 Å². The third kappa shape index (κ3) is 4.72. The van der Waals surface area contributed by atoms with Crippen molar-refractivity contribution in [1.82, 2.24) is 5.32 Å². The minimum absolute atomic E-state index is 0.166. The van der Waals surface area contributed by atoms with E-state index < -0.39 is 0 Å². The molecule has 0 fully saturated rings. The van der Waals surface area contributed by atoms with E-state index in [9.17, 15) is 0 Å². The molecule has 96 valence electrons. The maximum atomic E-state index is 4.19. The molecule has 0 aliphatic rings. The zero-order chi connectivity index (χ0) is 12.9. The molecular formula is C15H25NS. The van der Waals surface area contributed by atoms with Gasteiger partial charge in [0.05, 0.1) is 0 Å². The van der Waals surface area contributed by atoms with Crippen LogP contribution < -0.4 is 5.32 Å². The van der Waals surface area contributed by atoms with Crippen LogP contribution in [0, 0.1) is 5.92 Å². The molecule has 1 nitrogen and oxygen atoms in total. The van der Waals surface area contributed by atoms with E-state index in [1.807, 2.05) is 0 Å². The quantitative estimate of drug-likeness (QED) is 0.581. The first-order valence-electron chi connectivity index (χ1n) is 6.36. The number of nitrogens with one attached hydrogen (secondary N) is 1. The highest BCUT2D eigenvalue weighted by Gasteiger charge is 2.19. The Hall–Kier alpha value is -0.470. The molecule has 0 aromatic heterocycles. The summed E-state index contributed by atoms with van der Waals surface area (Å²) in [6.45, 7) is 10.0. The monoisotopic (exact) mass is 251 g/mol. The van der Waals surface area contributed by atoms with Crippen LogP contribution in [0.4, 0.5) is 0 Å². The van der Waals surface area contributed by atoms with Gasteiger partial charge in [0, 0.05) is 17.8 Å². The van der Waals surface area contributed by atoms with Crippen molar-refractivity contribution >= 4 is 12.6 Å². The van der Waals surface area contributed by atoms with Crippen LogP contribution in [0.3, 0.4) is 0 Å². The number of benzene rings is 1. The summed E-state index contributed by atoms with van der Waals surface area (Å²) in [5.41, 5.74) is 2.99. The van der Waals surface area contributed by atoms with Crippen molar-refractivity contribution in [2.24, 2.45) is 5.92 Å². The van der Waals surface area contributed by atoms with Gasteiger partial charge in [0.2, 0.25) is 0 Å². The maximum Gasteiger partial charge on any atom is 0.0387 e. The fraction of sp³-hybridized carbons (Fsp3) is 0.600. The molecule has 0 aliphatic heterocycles. The van der Waals surface area contributed by atoms with Gasteiger partial charge < -0.3 is 5.32 Å². The molecule has 2 heteroatoms. The van der Waals surface area contributed by atoms with Crippen molar-refractivity contribution < 1.29 is 0 Å². The van der Waals surface area contributed by atoms with Gasteiger partial charge in [-0.3, -0.25) is 0 Å². The summed E-state index contributed by atoms with van der Waals surface area (Å²) in [7, 11) is 0. The van der Waals surface area contributed by atoms with E-state index in [1.165, 1.54) is 11.1 Å². The van der Waals surface area contributed by atoms with Crippen LogP contribution in [0.2, 0.25) is 0 Å². The zero-order valence-electron chi connectivity index (χ0n) is 11.5. The predicted molar refractivity (Wildman–Crippen MR) is 79.9 cm³/mol. The molecule has 1 aromatic rings. The Morgan fingerprint density at radius 1 is 1.18 bits per heavy atom. The second-order valence-corrected chi connectivity index (χ2v) is 6.08.